The van der Waals surface area contributed by atoms with Crippen molar-refractivity contribution >= 4 is 0 Å². The van der Waals surface area contributed by atoms with Gasteiger partial charge in [-0.05, 0) is 36.9 Å². The van der Waals surface area contributed by atoms with Crippen LogP contribution in [0.3, 0.4) is 0 Å². The van der Waals surface area contributed by atoms with Gasteiger partial charge in [0.25, 0.3) is 0 Å². The number of aliphatic hydroxyl groups is 1. The Hall–Kier alpha value is -2.24. The van der Waals surface area contributed by atoms with E-state index in [0.717, 1.165) is 29.4 Å². The Morgan fingerprint density at radius 2 is 1.91 bits per heavy atom. The van der Waals surface area contributed by atoms with Crippen molar-refractivity contribution in [2.75, 3.05) is 27.0 Å². The number of hydrogen-bond acceptors (Lipinski definition) is 5. The highest BCUT2D eigenvalue weighted by atomic mass is 16.7. The SMILES string of the molecule is CN(Cc1ccc2c(c1)OCO2)CC(O)COc1ccccc1. The van der Waals surface area contributed by atoms with E-state index in [1.165, 1.54) is 0 Å². The molecule has 122 valence electrons. The van der Waals surface area contributed by atoms with Crippen LogP contribution < -0.4 is 14.2 Å². The van der Waals surface area contributed by atoms with Gasteiger partial charge in [0.15, 0.2) is 11.5 Å². The number of hydrogen-bond donors (Lipinski definition) is 1. The van der Waals surface area contributed by atoms with E-state index in [-0.39, 0.29) is 13.4 Å². The maximum Gasteiger partial charge on any atom is 0.231 e. The number of rotatable bonds is 7. The summed E-state index contributed by atoms with van der Waals surface area (Å²) in [5.41, 5.74) is 1.12. The molecular weight excluding hydrogens is 294 g/mol. The van der Waals surface area contributed by atoms with Crippen LogP contribution in [-0.2, 0) is 6.54 Å². The molecule has 2 aromatic rings. The number of fused-ring (bicyclic) bond motifs is 1. The number of para-hydroxylation sites is 1. The predicted octanol–water partition coefficient (Wildman–Crippen LogP) is 2.29. The maximum atomic E-state index is 10.1. The van der Waals surface area contributed by atoms with Crippen LogP contribution in [0.25, 0.3) is 0 Å². The van der Waals surface area contributed by atoms with Crippen LogP contribution in [0.1, 0.15) is 5.56 Å². The Balaban J connectivity index is 1.46. The summed E-state index contributed by atoms with van der Waals surface area (Å²) in [5.74, 6) is 2.33. The zero-order chi connectivity index (χ0) is 16.1. The van der Waals surface area contributed by atoms with E-state index < -0.39 is 6.10 Å². The molecule has 0 amide bonds. The van der Waals surface area contributed by atoms with Crippen molar-refractivity contribution in [3.63, 3.8) is 0 Å². The highest BCUT2D eigenvalue weighted by Crippen LogP contribution is 2.32. The molecule has 2 aromatic carbocycles. The lowest BCUT2D eigenvalue weighted by Crippen LogP contribution is -2.32. The van der Waals surface area contributed by atoms with Crippen LogP contribution in [-0.4, -0.2) is 43.1 Å². The van der Waals surface area contributed by atoms with Crippen molar-refractivity contribution in [3.8, 4) is 17.2 Å². The van der Waals surface area contributed by atoms with Gasteiger partial charge in [0.1, 0.15) is 18.5 Å². The van der Waals surface area contributed by atoms with Crippen molar-refractivity contribution in [3.05, 3.63) is 54.1 Å². The van der Waals surface area contributed by atoms with Crippen LogP contribution in [0, 0.1) is 0 Å². The van der Waals surface area contributed by atoms with Crippen LogP contribution in [0.4, 0.5) is 0 Å². The molecule has 0 fully saturated rings. The first-order chi connectivity index (χ1) is 11.2. The third-order valence-electron chi connectivity index (χ3n) is 3.60. The van der Waals surface area contributed by atoms with E-state index in [2.05, 4.69) is 4.90 Å². The molecule has 1 unspecified atom stereocenters. The summed E-state index contributed by atoms with van der Waals surface area (Å²) in [7, 11) is 1.97. The van der Waals surface area contributed by atoms with E-state index in [1.807, 2.05) is 55.6 Å². The van der Waals surface area contributed by atoms with E-state index in [1.54, 1.807) is 0 Å². The summed E-state index contributed by atoms with van der Waals surface area (Å²) in [6, 6.07) is 15.4. The lowest BCUT2D eigenvalue weighted by molar-refractivity contribution is 0.0744. The smallest absolute Gasteiger partial charge is 0.231 e. The first-order valence-corrected chi connectivity index (χ1v) is 7.64. The minimum atomic E-state index is -0.547. The second-order valence-corrected chi connectivity index (χ2v) is 5.66. The molecule has 0 aromatic heterocycles. The highest BCUT2D eigenvalue weighted by Gasteiger charge is 2.15. The van der Waals surface area contributed by atoms with E-state index >= 15 is 0 Å². The summed E-state index contributed by atoms with van der Waals surface area (Å²) in [4.78, 5) is 2.05. The predicted molar refractivity (Wildman–Crippen MR) is 86.8 cm³/mol. The minimum absolute atomic E-state index is 0.273. The van der Waals surface area contributed by atoms with E-state index in [0.29, 0.717) is 6.54 Å². The van der Waals surface area contributed by atoms with Gasteiger partial charge in [0.05, 0.1) is 0 Å². The molecule has 0 saturated heterocycles. The standard InChI is InChI=1S/C18H21NO4/c1-19(10-14-7-8-17-18(9-14)23-13-22-17)11-15(20)12-21-16-5-3-2-4-6-16/h2-9,15,20H,10-13H2,1H3. The largest absolute Gasteiger partial charge is 0.491 e. The normalized spacial score (nSPS) is 14.0. The maximum absolute atomic E-state index is 10.1. The molecule has 1 aliphatic rings. The number of benzene rings is 2. The highest BCUT2D eigenvalue weighted by molar-refractivity contribution is 5.44. The Morgan fingerprint density at radius 1 is 1.13 bits per heavy atom. The molecule has 5 heteroatoms. The second kappa shape index (κ2) is 7.35. The average Bonchev–Trinajstić information content (AvgIpc) is 3.01. The molecule has 0 bridgehead atoms. The molecule has 1 heterocycles. The van der Waals surface area contributed by atoms with Crippen molar-refractivity contribution < 1.29 is 19.3 Å². The van der Waals surface area contributed by atoms with Gasteiger partial charge in [-0.15, -0.1) is 0 Å². The average molecular weight is 315 g/mol. The topological polar surface area (TPSA) is 51.2 Å². The van der Waals surface area contributed by atoms with Gasteiger partial charge in [0, 0.05) is 13.1 Å². The number of aliphatic hydroxyl groups excluding tert-OH is 1. The fraction of sp³-hybridized carbons (Fsp3) is 0.333. The molecule has 5 nitrogen and oxygen atoms in total. The van der Waals surface area contributed by atoms with Gasteiger partial charge in [-0.25, -0.2) is 0 Å². The second-order valence-electron chi connectivity index (χ2n) is 5.66. The van der Waals surface area contributed by atoms with Gasteiger partial charge in [-0.3, -0.25) is 4.90 Å². The number of ether oxygens (including phenoxy) is 3. The van der Waals surface area contributed by atoms with Crippen LogP contribution in [0.2, 0.25) is 0 Å². The Labute approximate surface area is 136 Å². The first-order valence-electron chi connectivity index (χ1n) is 7.64. The molecule has 1 N–H and O–H groups in total. The third-order valence-corrected chi connectivity index (χ3v) is 3.60. The van der Waals surface area contributed by atoms with Crippen molar-refractivity contribution in [2.45, 2.75) is 12.6 Å². The fourth-order valence-electron chi connectivity index (χ4n) is 2.54. The van der Waals surface area contributed by atoms with Gasteiger partial charge in [-0.1, -0.05) is 24.3 Å². The molecule has 0 spiro atoms. The van der Waals surface area contributed by atoms with Crippen molar-refractivity contribution in [2.24, 2.45) is 0 Å². The molecule has 0 radical (unpaired) electrons. The molecule has 0 aliphatic carbocycles. The Morgan fingerprint density at radius 3 is 2.74 bits per heavy atom. The van der Waals surface area contributed by atoms with Crippen molar-refractivity contribution in [1.82, 2.24) is 4.90 Å². The van der Waals surface area contributed by atoms with Crippen molar-refractivity contribution in [1.29, 1.82) is 0 Å². The molecule has 3 rings (SSSR count). The van der Waals surface area contributed by atoms with Crippen LogP contribution in [0.15, 0.2) is 48.5 Å². The van der Waals surface area contributed by atoms with Gasteiger partial charge < -0.3 is 19.3 Å². The number of nitrogens with zero attached hydrogens (tertiary/aromatic N) is 1. The summed E-state index contributed by atoms with van der Waals surface area (Å²) in [5, 5.41) is 10.1. The minimum Gasteiger partial charge on any atom is -0.491 e. The van der Waals surface area contributed by atoms with Gasteiger partial charge >= 0.3 is 0 Å². The Kier molecular flexibility index (Phi) is 5.00. The van der Waals surface area contributed by atoms with E-state index in [4.69, 9.17) is 14.2 Å². The number of likely N-dealkylation sites (N-methyl/N-ethyl adjacent to an activating group) is 1. The lowest BCUT2D eigenvalue weighted by atomic mass is 10.2. The summed E-state index contributed by atoms with van der Waals surface area (Å²) in [6.07, 6.45) is -0.547. The summed E-state index contributed by atoms with van der Waals surface area (Å²) >= 11 is 0. The molecular formula is C18H21NO4. The van der Waals surface area contributed by atoms with E-state index in [9.17, 15) is 5.11 Å². The van der Waals surface area contributed by atoms with Gasteiger partial charge in [0.2, 0.25) is 6.79 Å². The first kappa shape index (κ1) is 15.6. The summed E-state index contributed by atoms with van der Waals surface area (Å²) in [6.45, 7) is 1.81. The molecule has 23 heavy (non-hydrogen) atoms. The van der Waals surface area contributed by atoms with Crippen LogP contribution >= 0.6 is 0 Å². The molecule has 0 saturated carbocycles. The summed E-state index contributed by atoms with van der Waals surface area (Å²) < 4.78 is 16.2. The Bertz CT molecular complexity index is 632. The van der Waals surface area contributed by atoms with Gasteiger partial charge in [-0.2, -0.15) is 0 Å². The monoisotopic (exact) mass is 315 g/mol. The lowest BCUT2D eigenvalue weighted by Gasteiger charge is -2.21. The fourth-order valence-corrected chi connectivity index (χ4v) is 2.54. The zero-order valence-corrected chi connectivity index (χ0v) is 13.1. The molecule has 1 aliphatic heterocycles. The third kappa shape index (κ3) is 4.37. The zero-order valence-electron chi connectivity index (χ0n) is 13.1. The van der Waals surface area contributed by atoms with Crippen LogP contribution in [0.5, 0.6) is 17.2 Å². The molecule has 1 atom stereocenters. The quantitative estimate of drug-likeness (QED) is 0.849.